The maximum absolute atomic E-state index is 9.58. The first-order chi connectivity index (χ1) is 9.73. The molecule has 1 fully saturated rings. The SMILES string of the molecule is Cc1cn2cc(B3OC(C)(C)C(C)(C)O3)cc(CO)c2n1. The minimum absolute atomic E-state index is 0.0622. The Balaban J connectivity index is 2.06. The van der Waals surface area contributed by atoms with Gasteiger partial charge in [0.25, 0.3) is 0 Å². The zero-order chi connectivity index (χ0) is 15.4. The average molecular weight is 288 g/mol. The predicted octanol–water partition coefficient (Wildman–Crippen LogP) is 1.43. The summed E-state index contributed by atoms with van der Waals surface area (Å²) in [6.07, 6.45) is 3.89. The van der Waals surface area contributed by atoms with Crippen LogP contribution < -0.4 is 5.46 Å². The van der Waals surface area contributed by atoms with Gasteiger partial charge in [-0.3, -0.25) is 0 Å². The zero-order valence-electron chi connectivity index (χ0n) is 13.2. The number of aliphatic hydroxyl groups is 1. The predicted molar refractivity (Wildman–Crippen MR) is 81.6 cm³/mol. The molecule has 0 aromatic carbocycles. The van der Waals surface area contributed by atoms with Crippen LogP contribution in [0, 0.1) is 6.92 Å². The number of pyridine rings is 1. The van der Waals surface area contributed by atoms with Gasteiger partial charge >= 0.3 is 7.12 Å². The number of imidazole rings is 1. The average Bonchev–Trinajstić information content (AvgIpc) is 2.85. The summed E-state index contributed by atoms with van der Waals surface area (Å²) in [5.74, 6) is 0. The molecule has 0 unspecified atom stereocenters. The third-order valence-corrected chi connectivity index (χ3v) is 4.46. The first-order valence-corrected chi connectivity index (χ1v) is 7.18. The first-order valence-electron chi connectivity index (χ1n) is 7.18. The van der Waals surface area contributed by atoms with Gasteiger partial charge < -0.3 is 18.8 Å². The van der Waals surface area contributed by atoms with E-state index < -0.39 is 7.12 Å². The van der Waals surface area contributed by atoms with Crippen molar-refractivity contribution in [1.82, 2.24) is 9.38 Å². The van der Waals surface area contributed by atoms with Crippen molar-refractivity contribution < 1.29 is 14.4 Å². The van der Waals surface area contributed by atoms with Gasteiger partial charge in [0.1, 0.15) is 5.65 Å². The number of fused-ring (bicyclic) bond motifs is 1. The maximum Gasteiger partial charge on any atom is 0.496 e. The largest absolute Gasteiger partial charge is 0.496 e. The van der Waals surface area contributed by atoms with E-state index in [9.17, 15) is 5.11 Å². The molecule has 1 N–H and O–H groups in total. The van der Waals surface area contributed by atoms with E-state index in [1.54, 1.807) is 0 Å². The third kappa shape index (κ3) is 2.27. The number of aryl methyl sites for hydroxylation is 1. The summed E-state index contributed by atoms with van der Waals surface area (Å²) in [6, 6.07) is 1.91. The van der Waals surface area contributed by atoms with Gasteiger partial charge in [0.05, 0.1) is 23.5 Å². The number of nitrogens with zero attached hydrogens (tertiary/aromatic N) is 2. The van der Waals surface area contributed by atoms with Crippen molar-refractivity contribution in [3.63, 3.8) is 0 Å². The molecule has 0 spiro atoms. The van der Waals surface area contributed by atoms with Gasteiger partial charge in [0.15, 0.2) is 0 Å². The van der Waals surface area contributed by atoms with Crippen molar-refractivity contribution in [3.8, 4) is 0 Å². The highest BCUT2D eigenvalue weighted by molar-refractivity contribution is 6.62. The van der Waals surface area contributed by atoms with E-state index in [2.05, 4.69) is 4.98 Å². The van der Waals surface area contributed by atoms with Crippen LogP contribution in [0.2, 0.25) is 0 Å². The lowest BCUT2D eigenvalue weighted by Gasteiger charge is -2.32. The van der Waals surface area contributed by atoms with Crippen LogP contribution in [0.3, 0.4) is 0 Å². The van der Waals surface area contributed by atoms with E-state index >= 15 is 0 Å². The monoisotopic (exact) mass is 288 g/mol. The van der Waals surface area contributed by atoms with Crippen LogP contribution in [0.15, 0.2) is 18.5 Å². The van der Waals surface area contributed by atoms with Gasteiger partial charge in [0, 0.05) is 18.0 Å². The molecule has 0 radical (unpaired) electrons. The third-order valence-electron chi connectivity index (χ3n) is 4.46. The Morgan fingerprint density at radius 1 is 1.19 bits per heavy atom. The van der Waals surface area contributed by atoms with Crippen LogP contribution in [0.1, 0.15) is 39.0 Å². The van der Waals surface area contributed by atoms with Crippen molar-refractivity contribution in [2.24, 2.45) is 0 Å². The lowest BCUT2D eigenvalue weighted by atomic mass is 9.79. The van der Waals surface area contributed by atoms with E-state index in [1.807, 2.05) is 57.5 Å². The molecule has 2 aromatic rings. The minimum Gasteiger partial charge on any atom is -0.399 e. The van der Waals surface area contributed by atoms with E-state index in [-0.39, 0.29) is 17.8 Å². The van der Waals surface area contributed by atoms with Crippen LogP contribution in [0.25, 0.3) is 5.65 Å². The zero-order valence-corrected chi connectivity index (χ0v) is 13.2. The Bertz CT molecular complexity index is 678. The number of aliphatic hydroxyl groups excluding tert-OH is 1. The quantitative estimate of drug-likeness (QED) is 0.849. The molecule has 6 heteroatoms. The molecule has 112 valence electrons. The molecule has 1 aliphatic heterocycles. The Morgan fingerprint density at radius 2 is 1.81 bits per heavy atom. The van der Waals surface area contributed by atoms with Crippen molar-refractivity contribution in [1.29, 1.82) is 0 Å². The number of rotatable bonds is 2. The smallest absolute Gasteiger partial charge is 0.399 e. The highest BCUT2D eigenvalue weighted by Gasteiger charge is 2.51. The standard InChI is InChI=1S/C15H21BN2O3/c1-10-7-18-8-12(6-11(9-19)13(18)17-10)16-20-14(2,3)15(4,5)21-16/h6-8,19H,9H2,1-5H3. The highest BCUT2D eigenvalue weighted by Crippen LogP contribution is 2.36. The fourth-order valence-electron chi connectivity index (χ4n) is 2.54. The van der Waals surface area contributed by atoms with Crippen molar-refractivity contribution in [2.75, 3.05) is 0 Å². The molecule has 0 amide bonds. The summed E-state index contributed by atoms with van der Waals surface area (Å²) in [5.41, 5.74) is 2.59. The Morgan fingerprint density at radius 3 is 2.38 bits per heavy atom. The Labute approximate surface area is 125 Å². The van der Waals surface area contributed by atoms with Gasteiger partial charge in [-0.25, -0.2) is 4.98 Å². The molecule has 0 saturated carbocycles. The molecule has 1 saturated heterocycles. The van der Waals surface area contributed by atoms with Gasteiger partial charge in [-0.05, 0) is 40.1 Å². The van der Waals surface area contributed by atoms with Crippen molar-refractivity contribution >= 4 is 18.2 Å². The molecular weight excluding hydrogens is 267 g/mol. The number of aromatic nitrogens is 2. The summed E-state index contributed by atoms with van der Waals surface area (Å²) < 4.78 is 14.1. The van der Waals surface area contributed by atoms with E-state index in [0.717, 1.165) is 22.4 Å². The maximum atomic E-state index is 9.58. The van der Waals surface area contributed by atoms with Gasteiger partial charge in [-0.15, -0.1) is 0 Å². The lowest BCUT2D eigenvalue weighted by molar-refractivity contribution is 0.00578. The minimum atomic E-state index is -0.438. The molecule has 0 aliphatic carbocycles. The summed E-state index contributed by atoms with van der Waals surface area (Å²) in [4.78, 5) is 4.43. The molecule has 3 rings (SSSR count). The Hall–Kier alpha value is -1.37. The second kappa shape index (κ2) is 4.56. The van der Waals surface area contributed by atoms with Crippen LogP contribution in [-0.2, 0) is 15.9 Å². The topological polar surface area (TPSA) is 56.0 Å². The molecule has 0 bridgehead atoms. The summed E-state index contributed by atoms with van der Waals surface area (Å²) >= 11 is 0. The fraction of sp³-hybridized carbons (Fsp3) is 0.533. The number of hydrogen-bond acceptors (Lipinski definition) is 4. The summed E-state index contributed by atoms with van der Waals surface area (Å²) in [7, 11) is -0.438. The molecule has 21 heavy (non-hydrogen) atoms. The molecular formula is C15H21BN2O3. The van der Waals surface area contributed by atoms with Crippen LogP contribution in [0.4, 0.5) is 0 Å². The number of hydrogen-bond donors (Lipinski definition) is 1. The van der Waals surface area contributed by atoms with E-state index in [4.69, 9.17) is 9.31 Å². The van der Waals surface area contributed by atoms with Crippen LogP contribution >= 0.6 is 0 Å². The van der Waals surface area contributed by atoms with E-state index in [1.165, 1.54) is 0 Å². The van der Waals surface area contributed by atoms with Crippen molar-refractivity contribution in [3.05, 3.63) is 29.7 Å². The Kier molecular flexibility index (Phi) is 3.17. The second-order valence-corrected chi connectivity index (χ2v) is 6.66. The van der Waals surface area contributed by atoms with Crippen molar-refractivity contribution in [2.45, 2.75) is 52.4 Å². The molecule has 3 heterocycles. The van der Waals surface area contributed by atoms with Gasteiger partial charge in [0.2, 0.25) is 0 Å². The van der Waals surface area contributed by atoms with Gasteiger partial charge in [-0.1, -0.05) is 6.07 Å². The lowest BCUT2D eigenvalue weighted by Crippen LogP contribution is -2.41. The molecule has 5 nitrogen and oxygen atoms in total. The van der Waals surface area contributed by atoms with Crippen LogP contribution in [-0.4, -0.2) is 32.8 Å². The molecule has 0 atom stereocenters. The fourth-order valence-corrected chi connectivity index (χ4v) is 2.54. The molecule has 2 aromatic heterocycles. The van der Waals surface area contributed by atoms with Crippen LogP contribution in [0.5, 0.6) is 0 Å². The highest BCUT2D eigenvalue weighted by atomic mass is 16.7. The normalized spacial score (nSPS) is 20.4. The summed E-state index contributed by atoms with van der Waals surface area (Å²) in [6.45, 7) is 9.98. The second-order valence-electron chi connectivity index (χ2n) is 6.66. The van der Waals surface area contributed by atoms with E-state index in [0.29, 0.717) is 0 Å². The van der Waals surface area contributed by atoms with Gasteiger partial charge in [-0.2, -0.15) is 0 Å². The molecule has 1 aliphatic rings. The first kappa shape index (κ1) is 14.6. The summed E-state index contributed by atoms with van der Waals surface area (Å²) in [5, 5.41) is 9.58.